The van der Waals surface area contributed by atoms with Crippen molar-refractivity contribution >= 4 is 5.97 Å². The van der Waals surface area contributed by atoms with E-state index in [1.54, 1.807) is 0 Å². The Bertz CT molecular complexity index is 452. The molecule has 1 aromatic carbocycles. The summed E-state index contributed by atoms with van der Waals surface area (Å²) in [6.45, 7) is 4.66. The number of rotatable bonds is 6. The number of ether oxygens (including phenoxy) is 1. The monoisotopic (exact) mass is 244 g/mol. The molecule has 0 amide bonds. The molecular formula is C15H16O3. The van der Waals surface area contributed by atoms with E-state index in [9.17, 15) is 4.79 Å². The van der Waals surface area contributed by atoms with Crippen LogP contribution >= 0.6 is 0 Å². The van der Waals surface area contributed by atoms with Crippen molar-refractivity contribution in [1.29, 1.82) is 0 Å². The summed E-state index contributed by atoms with van der Waals surface area (Å²) in [6.07, 6.45) is 0.476. The Morgan fingerprint density at radius 2 is 2.06 bits per heavy atom. The minimum Gasteiger partial charge on any atom is -0.481 e. The lowest BCUT2D eigenvalue weighted by atomic mass is 10.2. The van der Waals surface area contributed by atoms with Gasteiger partial charge in [-0.2, -0.15) is 0 Å². The molecule has 0 heterocycles. The Labute approximate surface area is 107 Å². The summed E-state index contributed by atoms with van der Waals surface area (Å²) in [6, 6.07) is 9.90. The van der Waals surface area contributed by atoms with Gasteiger partial charge in [-0.1, -0.05) is 48.8 Å². The topological polar surface area (TPSA) is 46.5 Å². The molecule has 0 aliphatic rings. The van der Waals surface area contributed by atoms with E-state index in [0.717, 1.165) is 5.56 Å². The van der Waals surface area contributed by atoms with E-state index >= 15 is 0 Å². The van der Waals surface area contributed by atoms with Gasteiger partial charge >= 0.3 is 5.97 Å². The van der Waals surface area contributed by atoms with Crippen LogP contribution in [0.1, 0.15) is 18.4 Å². The van der Waals surface area contributed by atoms with Gasteiger partial charge in [0, 0.05) is 12.0 Å². The Morgan fingerprint density at radius 3 is 2.72 bits per heavy atom. The van der Waals surface area contributed by atoms with Crippen LogP contribution in [0.15, 0.2) is 42.5 Å². The Morgan fingerprint density at radius 1 is 1.33 bits per heavy atom. The second-order valence-corrected chi connectivity index (χ2v) is 3.76. The van der Waals surface area contributed by atoms with Crippen molar-refractivity contribution in [3.05, 3.63) is 48.0 Å². The molecule has 0 aromatic heterocycles. The zero-order valence-electron chi connectivity index (χ0n) is 10.2. The molecule has 1 rings (SSSR count). The summed E-state index contributed by atoms with van der Waals surface area (Å²) >= 11 is 0. The summed E-state index contributed by atoms with van der Waals surface area (Å²) in [7, 11) is 0. The van der Waals surface area contributed by atoms with Crippen LogP contribution in [-0.4, -0.2) is 17.7 Å². The van der Waals surface area contributed by atoms with Gasteiger partial charge in [0.25, 0.3) is 0 Å². The van der Waals surface area contributed by atoms with Crippen molar-refractivity contribution in [3.63, 3.8) is 0 Å². The minimum absolute atomic E-state index is 0.0993. The van der Waals surface area contributed by atoms with Gasteiger partial charge in [0.2, 0.25) is 0 Å². The van der Waals surface area contributed by atoms with Gasteiger partial charge in [0.1, 0.15) is 0 Å². The van der Waals surface area contributed by atoms with E-state index in [2.05, 4.69) is 18.4 Å². The molecule has 0 spiro atoms. The van der Waals surface area contributed by atoms with E-state index in [1.807, 2.05) is 30.3 Å². The first-order valence-corrected chi connectivity index (χ1v) is 5.68. The van der Waals surface area contributed by atoms with Crippen LogP contribution in [0.5, 0.6) is 0 Å². The molecule has 0 aliphatic heterocycles. The maximum absolute atomic E-state index is 10.3. The third-order valence-electron chi connectivity index (χ3n) is 2.11. The molecule has 94 valence electrons. The zero-order valence-corrected chi connectivity index (χ0v) is 10.2. The molecule has 0 unspecified atom stereocenters. The van der Waals surface area contributed by atoms with Crippen molar-refractivity contribution in [2.24, 2.45) is 0 Å². The van der Waals surface area contributed by atoms with E-state index in [1.165, 1.54) is 0 Å². The van der Waals surface area contributed by atoms with Gasteiger partial charge < -0.3 is 9.84 Å². The smallest absolute Gasteiger partial charge is 0.308 e. The van der Waals surface area contributed by atoms with E-state index in [4.69, 9.17) is 9.84 Å². The fraction of sp³-hybridized carbons (Fsp3) is 0.267. The molecule has 1 N–H and O–H groups in total. The second-order valence-electron chi connectivity index (χ2n) is 3.76. The summed E-state index contributed by atoms with van der Waals surface area (Å²) in [4.78, 5) is 10.3. The molecular weight excluding hydrogens is 228 g/mol. The fourth-order valence-corrected chi connectivity index (χ4v) is 1.30. The maximum atomic E-state index is 10.3. The molecule has 3 heteroatoms. The first-order chi connectivity index (χ1) is 8.68. The van der Waals surface area contributed by atoms with Crippen LogP contribution in [0.2, 0.25) is 0 Å². The molecule has 0 atom stereocenters. The Balaban J connectivity index is 2.14. The molecule has 0 bridgehead atoms. The van der Waals surface area contributed by atoms with Crippen LogP contribution in [0, 0.1) is 11.8 Å². The average Bonchev–Trinajstić information content (AvgIpc) is 2.34. The van der Waals surface area contributed by atoms with Crippen LogP contribution in [0.4, 0.5) is 0 Å². The standard InChI is InChI=1S/C15H16O3/c1-13(11-15(16)17)7-5-6-10-18-12-14-8-3-2-4-9-14/h2-4,8-9H,1,6,10-12H2,(H,16,17). The number of hydrogen-bond acceptors (Lipinski definition) is 2. The molecule has 1 aromatic rings. The highest BCUT2D eigenvalue weighted by Crippen LogP contribution is 2.00. The third kappa shape index (κ3) is 6.51. The van der Waals surface area contributed by atoms with Gasteiger partial charge in [-0.05, 0) is 5.56 Å². The number of carboxylic acid groups (broad SMARTS) is 1. The van der Waals surface area contributed by atoms with Crippen LogP contribution in [0.3, 0.4) is 0 Å². The number of benzene rings is 1. The predicted molar refractivity (Wildman–Crippen MR) is 69.9 cm³/mol. The molecule has 0 saturated heterocycles. The first kappa shape index (κ1) is 14.0. The molecule has 0 radical (unpaired) electrons. The van der Waals surface area contributed by atoms with Crippen LogP contribution in [0.25, 0.3) is 0 Å². The van der Waals surface area contributed by atoms with Gasteiger partial charge in [0.05, 0.1) is 19.6 Å². The molecule has 0 saturated carbocycles. The quantitative estimate of drug-likeness (QED) is 0.618. The third-order valence-corrected chi connectivity index (χ3v) is 2.11. The van der Waals surface area contributed by atoms with Gasteiger partial charge in [-0.3, -0.25) is 4.79 Å². The minimum atomic E-state index is -0.908. The highest BCUT2D eigenvalue weighted by atomic mass is 16.5. The van der Waals surface area contributed by atoms with E-state index < -0.39 is 5.97 Å². The van der Waals surface area contributed by atoms with E-state index in [-0.39, 0.29) is 6.42 Å². The molecule has 18 heavy (non-hydrogen) atoms. The number of aliphatic carboxylic acids is 1. The van der Waals surface area contributed by atoms with Crippen LogP contribution < -0.4 is 0 Å². The normalized spacial score (nSPS) is 9.33. The van der Waals surface area contributed by atoms with Crippen molar-refractivity contribution in [1.82, 2.24) is 0 Å². The zero-order chi connectivity index (χ0) is 13.2. The van der Waals surface area contributed by atoms with Crippen molar-refractivity contribution in [3.8, 4) is 11.8 Å². The maximum Gasteiger partial charge on any atom is 0.308 e. The second kappa shape index (κ2) is 8.10. The van der Waals surface area contributed by atoms with Crippen molar-refractivity contribution < 1.29 is 14.6 Å². The number of carbonyl (C=O) groups is 1. The molecule has 0 aliphatic carbocycles. The Hall–Kier alpha value is -2.05. The Kier molecular flexibility index (Phi) is 6.31. The summed E-state index contributed by atoms with van der Waals surface area (Å²) in [5, 5.41) is 8.50. The average molecular weight is 244 g/mol. The number of hydrogen-bond donors (Lipinski definition) is 1. The van der Waals surface area contributed by atoms with Gasteiger partial charge in [-0.15, -0.1) is 0 Å². The highest BCUT2D eigenvalue weighted by Gasteiger charge is 1.96. The van der Waals surface area contributed by atoms with Crippen molar-refractivity contribution in [2.75, 3.05) is 6.61 Å². The van der Waals surface area contributed by atoms with Gasteiger partial charge in [0.15, 0.2) is 0 Å². The van der Waals surface area contributed by atoms with E-state index in [0.29, 0.717) is 25.2 Å². The lowest BCUT2D eigenvalue weighted by Gasteiger charge is -2.01. The molecule has 3 nitrogen and oxygen atoms in total. The number of carboxylic acids is 1. The van der Waals surface area contributed by atoms with Crippen molar-refractivity contribution in [2.45, 2.75) is 19.4 Å². The molecule has 0 fully saturated rings. The van der Waals surface area contributed by atoms with Crippen LogP contribution in [-0.2, 0) is 16.1 Å². The highest BCUT2D eigenvalue weighted by molar-refractivity contribution is 5.71. The summed E-state index contributed by atoms with van der Waals surface area (Å²) in [5.41, 5.74) is 1.55. The summed E-state index contributed by atoms with van der Waals surface area (Å²) in [5.74, 6) is 4.64. The lowest BCUT2D eigenvalue weighted by Crippen LogP contribution is -1.95. The summed E-state index contributed by atoms with van der Waals surface area (Å²) < 4.78 is 5.43. The first-order valence-electron chi connectivity index (χ1n) is 5.68. The lowest BCUT2D eigenvalue weighted by molar-refractivity contribution is -0.136. The predicted octanol–water partition coefficient (Wildman–Crippen LogP) is 2.63. The SMILES string of the molecule is C=C(C#CCCOCc1ccccc1)CC(=O)O. The van der Waals surface area contributed by atoms with Gasteiger partial charge in [-0.25, -0.2) is 0 Å². The fourth-order valence-electron chi connectivity index (χ4n) is 1.30. The largest absolute Gasteiger partial charge is 0.481 e.